The van der Waals surface area contributed by atoms with Crippen LogP contribution in [-0.4, -0.2) is 44.3 Å². The molecule has 0 aromatic heterocycles. The fourth-order valence-corrected chi connectivity index (χ4v) is 6.23. The molecule has 0 saturated heterocycles. The molecule has 0 saturated carbocycles. The molecule has 0 heterocycles. The van der Waals surface area contributed by atoms with Gasteiger partial charge in [0, 0.05) is 19.5 Å². The summed E-state index contributed by atoms with van der Waals surface area (Å²) >= 11 is 0. The molecule has 4 rings (SSSR count). The zero-order valence-corrected chi connectivity index (χ0v) is 25.7. The molecule has 0 bridgehead atoms. The van der Waals surface area contributed by atoms with Gasteiger partial charge in [0.1, 0.15) is 12.6 Å². The van der Waals surface area contributed by atoms with Gasteiger partial charge in [0.2, 0.25) is 11.8 Å². The number of sulfonamides is 1. The Hall–Kier alpha value is -4.43. The van der Waals surface area contributed by atoms with Crippen LogP contribution in [0.5, 0.6) is 0 Å². The first kappa shape index (κ1) is 31.5. The molecule has 4 aromatic carbocycles. The van der Waals surface area contributed by atoms with E-state index in [4.69, 9.17) is 0 Å². The highest BCUT2D eigenvalue weighted by Crippen LogP contribution is 2.25. The van der Waals surface area contributed by atoms with Gasteiger partial charge in [0.25, 0.3) is 10.0 Å². The second-order valence-electron chi connectivity index (χ2n) is 11.0. The fourth-order valence-electron chi connectivity index (χ4n) is 4.79. The highest BCUT2D eigenvalue weighted by molar-refractivity contribution is 7.92. The largest absolute Gasteiger partial charge is 0.354 e. The Kier molecular flexibility index (Phi) is 10.7. The Labute approximate surface area is 255 Å². The third-order valence-electron chi connectivity index (χ3n) is 7.21. The maximum absolute atomic E-state index is 14.4. The number of benzene rings is 4. The van der Waals surface area contributed by atoms with Crippen LogP contribution in [0.2, 0.25) is 0 Å². The van der Waals surface area contributed by atoms with Gasteiger partial charge >= 0.3 is 0 Å². The number of rotatable bonds is 13. The average molecular weight is 598 g/mol. The van der Waals surface area contributed by atoms with Crippen molar-refractivity contribution in [1.29, 1.82) is 0 Å². The molecule has 0 radical (unpaired) electrons. The lowest BCUT2D eigenvalue weighted by atomic mass is 10.0. The van der Waals surface area contributed by atoms with Crippen LogP contribution in [0, 0.1) is 12.8 Å². The van der Waals surface area contributed by atoms with Crippen LogP contribution >= 0.6 is 0 Å². The first-order valence-corrected chi connectivity index (χ1v) is 15.9. The van der Waals surface area contributed by atoms with Crippen LogP contribution < -0.4 is 9.62 Å². The average Bonchev–Trinajstić information content (AvgIpc) is 3.02. The zero-order valence-electron chi connectivity index (χ0n) is 24.9. The van der Waals surface area contributed by atoms with E-state index < -0.39 is 28.5 Å². The van der Waals surface area contributed by atoms with Crippen molar-refractivity contribution in [3.8, 4) is 0 Å². The number of nitrogens with one attached hydrogen (secondary N) is 1. The summed E-state index contributed by atoms with van der Waals surface area (Å²) in [6.07, 6.45) is 0.277. The lowest BCUT2D eigenvalue weighted by Crippen LogP contribution is -2.53. The van der Waals surface area contributed by atoms with E-state index in [1.54, 1.807) is 48.5 Å². The van der Waals surface area contributed by atoms with Crippen molar-refractivity contribution in [3.05, 3.63) is 132 Å². The number of aryl methyl sites for hydroxylation is 1. The number of para-hydroxylation sites is 1. The SMILES string of the molecule is Cc1ccccc1CN(C(=O)CN(c1ccccc1)S(=O)(=O)c1ccccc1)[C@H](Cc1ccccc1)C(=O)NCC(C)C. The molecule has 0 aliphatic heterocycles. The number of amides is 2. The third kappa shape index (κ3) is 8.32. The number of carbonyl (C=O) groups is 2. The molecule has 1 N–H and O–H groups in total. The van der Waals surface area contributed by atoms with E-state index in [9.17, 15) is 18.0 Å². The summed E-state index contributed by atoms with van der Waals surface area (Å²) in [6.45, 7) is 6.10. The third-order valence-corrected chi connectivity index (χ3v) is 9.00. The Morgan fingerprint density at radius 3 is 1.93 bits per heavy atom. The minimum absolute atomic E-state index is 0.0765. The van der Waals surface area contributed by atoms with Crippen molar-refractivity contribution in [2.75, 3.05) is 17.4 Å². The van der Waals surface area contributed by atoms with Crippen molar-refractivity contribution in [1.82, 2.24) is 10.2 Å². The lowest BCUT2D eigenvalue weighted by Gasteiger charge is -2.34. The Bertz CT molecular complexity index is 1590. The summed E-state index contributed by atoms with van der Waals surface area (Å²) in [5.74, 6) is -0.546. The summed E-state index contributed by atoms with van der Waals surface area (Å²) < 4.78 is 29.0. The van der Waals surface area contributed by atoms with E-state index in [0.29, 0.717) is 12.2 Å². The van der Waals surface area contributed by atoms with Crippen LogP contribution in [0.4, 0.5) is 5.69 Å². The summed E-state index contributed by atoms with van der Waals surface area (Å²) in [6, 6.07) is 33.0. The number of hydrogen-bond donors (Lipinski definition) is 1. The Balaban J connectivity index is 1.78. The standard InChI is InChI=1S/C35H39N3O4S/c1-27(2)24-36-35(40)33(23-29-16-7-4-8-17-29)37(25-30-18-14-13-15-28(30)3)34(39)26-38(31-19-9-5-10-20-31)43(41,42)32-21-11-6-12-22-32/h4-22,27,33H,23-26H2,1-3H3,(H,36,40)/t33-/m1/s1. The molecule has 7 nitrogen and oxygen atoms in total. The molecule has 0 aliphatic rings. The number of anilines is 1. The smallest absolute Gasteiger partial charge is 0.264 e. The molecule has 0 unspecified atom stereocenters. The van der Waals surface area contributed by atoms with Crippen molar-refractivity contribution in [3.63, 3.8) is 0 Å². The summed E-state index contributed by atoms with van der Waals surface area (Å²) in [4.78, 5) is 29.9. The molecular weight excluding hydrogens is 558 g/mol. The quantitative estimate of drug-likeness (QED) is 0.217. The maximum Gasteiger partial charge on any atom is 0.264 e. The molecule has 0 spiro atoms. The predicted molar refractivity (Wildman–Crippen MR) is 171 cm³/mol. The van der Waals surface area contributed by atoms with Gasteiger partial charge in [-0.3, -0.25) is 13.9 Å². The molecule has 43 heavy (non-hydrogen) atoms. The second-order valence-corrected chi connectivity index (χ2v) is 12.8. The van der Waals surface area contributed by atoms with Gasteiger partial charge in [0.05, 0.1) is 10.6 Å². The number of nitrogens with zero attached hydrogens (tertiary/aromatic N) is 2. The molecule has 8 heteroatoms. The molecule has 4 aromatic rings. The highest BCUT2D eigenvalue weighted by atomic mass is 32.2. The van der Waals surface area contributed by atoms with Gasteiger partial charge < -0.3 is 10.2 Å². The first-order valence-electron chi connectivity index (χ1n) is 14.4. The van der Waals surface area contributed by atoms with Crippen molar-refractivity contribution in [2.45, 2.75) is 44.7 Å². The Morgan fingerprint density at radius 2 is 1.33 bits per heavy atom. The van der Waals surface area contributed by atoms with Gasteiger partial charge in [0.15, 0.2) is 0 Å². The Morgan fingerprint density at radius 1 is 0.767 bits per heavy atom. The van der Waals surface area contributed by atoms with Gasteiger partial charge in [-0.1, -0.05) is 105 Å². The first-order chi connectivity index (χ1) is 20.7. The molecule has 224 valence electrons. The number of hydrogen-bond acceptors (Lipinski definition) is 4. The molecule has 0 aliphatic carbocycles. The van der Waals surface area contributed by atoms with E-state index in [2.05, 4.69) is 5.32 Å². The van der Waals surface area contributed by atoms with Crippen molar-refractivity contribution >= 4 is 27.5 Å². The van der Waals surface area contributed by atoms with Crippen LogP contribution in [-0.2, 0) is 32.6 Å². The molecular formula is C35H39N3O4S. The van der Waals surface area contributed by atoms with Gasteiger partial charge in [-0.15, -0.1) is 0 Å². The molecule has 2 amide bonds. The lowest BCUT2D eigenvalue weighted by molar-refractivity contribution is -0.140. The van der Waals surface area contributed by atoms with Crippen molar-refractivity contribution in [2.24, 2.45) is 5.92 Å². The summed E-state index contributed by atoms with van der Waals surface area (Å²) in [5, 5.41) is 3.01. The fraction of sp³-hybridized carbons (Fsp3) is 0.257. The van der Waals surface area contributed by atoms with E-state index in [1.807, 2.05) is 75.4 Å². The van der Waals surface area contributed by atoms with Crippen LogP contribution in [0.1, 0.15) is 30.5 Å². The topological polar surface area (TPSA) is 86.8 Å². The minimum Gasteiger partial charge on any atom is -0.354 e. The molecule has 1 atom stereocenters. The van der Waals surface area contributed by atoms with Crippen LogP contribution in [0.15, 0.2) is 120 Å². The van der Waals surface area contributed by atoms with Gasteiger partial charge in [-0.05, 0) is 53.8 Å². The second kappa shape index (κ2) is 14.6. The number of carbonyl (C=O) groups excluding carboxylic acids is 2. The van der Waals surface area contributed by atoms with Crippen LogP contribution in [0.25, 0.3) is 0 Å². The maximum atomic E-state index is 14.4. The monoisotopic (exact) mass is 597 g/mol. The van der Waals surface area contributed by atoms with E-state index in [0.717, 1.165) is 21.0 Å². The van der Waals surface area contributed by atoms with Crippen molar-refractivity contribution < 1.29 is 18.0 Å². The minimum atomic E-state index is -4.10. The van der Waals surface area contributed by atoms with Crippen LogP contribution in [0.3, 0.4) is 0 Å². The molecule has 0 fully saturated rings. The van der Waals surface area contributed by atoms with Gasteiger partial charge in [-0.25, -0.2) is 8.42 Å². The normalized spacial score (nSPS) is 12.0. The van der Waals surface area contributed by atoms with E-state index >= 15 is 0 Å². The zero-order chi connectivity index (χ0) is 30.8. The van der Waals surface area contributed by atoms with Gasteiger partial charge in [-0.2, -0.15) is 0 Å². The summed E-state index contributed by atoms with van der Waals surface area (Å²) in [7, 11) is -4.10. The predicted octanol–water partition coefficient (Wildman–Crippen LogP) is 5.60. The summed E-state index contributed by atoms with van der Waals surface area (Å²) in [5.41, 5.74) is 3.10. The highest BCUT2D eigenvalue weighted by Gasteiger charge is 2.34. The van der Waals surface area contributed by atoms with E-state index in [1.165, 1.54) is 17.0 Å². The van der Waals surface area contributed by atoms with E-state index in [-0.39, 0.29) is 29.7 Å².